The molecule has 0 fully saturated rings. The highest BCUT2D eigenvalue weighted by molar-refractivity contribution is 6.03. The summed E-state index contributed by atoms with van der Waals surface area (Å²) in [6, 6.07) is 8.28. The molecule has 19 heavy (non-hydrogen) atoms. The maximum absolute atomic E-state index is 13.0. The molecule has 2 rings (SSSR count). The highest BCUT2D eigenvalue weighted by atomic mass is 19.1. The number of hydrogen-bond donors (Lipinski definition) is 2. The van der Waals surface area contributed by atoms with E-state index < -0.39 is 11.7 Å². The lowest BCUT2D eigenvalue weighted by Gasteiger charge is -2.06. The lowest BCUT2D eigenvalue weighted by molar-refractivity contribution is 0.102. The molecule has 1 amide bonds. The lowest BCUT2D eigenvalue weighted by Crippen LogP contribution is -2.14. The number of nitrogen functional groups attached to an aromatic ring is 1. The zero-order valence-corrected chi connectivity index (χ0v) is 9.72. The summed E-state index contributed by atoms with van der Waals surface area (Å²) >= 11 is 0. The van der Waals surface area contributed by atoms with Crippen molar-refractivity contribution in [3.63, 3.8) is 0 Å². The monoisotopic (exact) mass is 256 g/mol. The van der Waals surface area contributed by atoms with Crippen molar-refractivity contribution in [1.82, 2.24) is 4.98 Å². The minimum atomic E-state index is -0.545. The topological polar surface area (TPSA) is 91.8 Å². The van der Waals surface area contributed by atoms with Gasteiger partial charge in [0.15, 0.2) is 0 Å². The van der Waals surface area contributed by atoms with Gasteiger partial charge in [-0.3, -0.25) is 9.78 Å². The third kappa shape index (κ3) is 2.84. The molecule has 0 saturated carbocycles. The second kappa shape index (κ2) is 5.14. The van der Waals surface area contributed by atoms with Crippen molar-refractivity contribution in [2.45, 2.75) is 0 Å². The zero-order valence-electron chi connectivity index (χ0n) is 9.72. The van der Waals surface area contributed by atoms with Gasteiger partial charge in [0.1, 0.15) is 17.6 Å². The highest BCUT2D eigenvalue weighted by Crippen LogP contribution is 2.17. The fraction of sp³-hybridized carbons (Fsp3) is 0. The molecule has 0 radical (unpaired) electrons. The minimum absolute atomic E-state index is 0.0391. The predicted molar refractivity (Wildman–Crippen MR) is 67.7 cm³/mol. The van der Waals surface area contributed by atoms with Crippen molar-refractivity contribution in [3.8, 4) is 6.07 Å². The van der Waals surface area contributed by atoms with Gasteiger partial charge in [-0.25, -0.2) is 4.39 Å². The molecule has 3 N–H and O–H groups in total. The summed E-state index contributed by atoms with van der Waals surface area (Å²) in [6.07, 6.45) is 1.40. The summed E-state index contributed by atoms with van der Waals surface area (Å²) in [4.78, 5) is 15.7. The minimum Gasteiger partial charge on any atom is -0.399 e. The van der Waals surface area contributed by atoms with Crippen molar-refractivity contribution >= 4 is 17.3 Å². The van der Waals surface area contributed by atoms with E-state index in [1.165, 1.54) is 18.3 Å². The predicted octanol–water partition coefficient (Wildman–Crippen LogP) is 1.93. The van der Waals surface area contributed by atoms with Crippen LogP contribution >= 0.6 is 0 Å². The average molecular weight is 256 g/mol. The number of rotatable bonds is 2. The Labute approximate surface area is 108 Å². The highest BCUT2D eigenvalue weighted by Gasteiger charge is 2.11. The Morgan fingerprint density at radius 1 is 1.37 bits per heavy atom. The van der Waals surface area contributed by atoms with Crippen molar-refractivity contribution in [1.29, 1.82) is 5.26 Å². The number of benzene rings is 1. The Balaban J connectivity index is 2.27. The van der Waals surface area contributed by atoms with E-state index in [1.54, 1.807) is 12.1 Å². The molecule has 1 aromatic heterocycles. The third-order valence-corrected chi connectivity index (χ3v) is 2.37. The van der Waals surface area contributed by atoms with Crippen molar-refractivity contribution in [2.24, 2.45) is 0 Å². The molecule has 5 nitrogen and oxygen atoms in total. The van der Waals surface area contributed by atoms with Crippen molar-refractivity contribution < 1.29 is 9.18 Å². The second-order valence-electron chi connectivity index (χ2n) is 3.73. The fourth-order valence-corrected chi connectivity index (χ4v) is 1.48. The maximum atomic E-state index is 13.0. The average Bonchev–Trinajstić information content (AvgIpc) is 2.40. The van der Waals surface area contributed by atoms with E-state index in [4.69, 9.17) is 11.0 Å². The summed E-state index contributed by atoms with van der Waals surface area (Å²) in [5.74, 6) is -1.06. The van der Waals surface area contributed by atoms with Crippen LogP contribution in [0.4, 0.5) is 15.8 Å². The van der Waals surface area contributed by atoms with Crippen LogP contribution in [0.3, 0.4) is 0 Å². The van der Waals surface area contributed by atoms with E-state index in [1.807, 2.05) is 0 Å². The van der Waals surface area contributed by atoms with Gasteiger partial charge in [-0.15, -0.1) is 0 Å². The normalized spacial score (nSPS) is 9.68. The van der Waals surface area contributed by atoms with Crippen LogP contribution in [0.5, 0.6) is 0 Å². The number of carbonyl (C=O) groups excluding carboxylic acids is 1. The van der Waals surface area contributed by atoms with E-state index in [9.17, 15) is 9.18 Å². The Kier molecular flexibility index (Phi) is 3.39. The third-order valence-electron chi connectivity index (χ3n) is 2.37. The van der Waals surface area contributed by atoms with Gasteiger partial charge < -0.3 is 11.1 Å². The number of halogens is 1. The van der Waals surface area contributed by atoms with Gasteiger partial charge in [-0.05, 0) is 30.3 Å². The van der Waals surface area contributed by atoms with Crippen LogP contribution in [-0.2, 0) is 0 Å². The summed E-state index contributed by atoms with van der Waals surface area (Å²) in [6.45, 7) is 0. The number of nitrogens with one attached hydrogen (secondary N) is 1. The summed E-state index contributed by atoms with van der Waals surface area (Å²) in [5, 5.41) is 11.4. The smallest absolute Gasteiger partial charge is 0.274 e. The van der Waals surface area contributed by atoms with Gasteiger partial charge in [0.25, 0.3) is 5.91 Å². The Hall–Kier alpha value is -2.94. The van der Waals surface area contributed by atoms with E-state index in [0.717, 1.165) is 12.1 Å². The number of anilines is 2. The molecule has 94 valence electrons. The number of nitriles is 1. The number of nitrogens with zero attached hydrogens (tertiary/aromatic N) is 2. The Bertz CT molecular complexity index is 679. The lowest BCUT2D eigenvalue weighted by atomic mass is 10.2. The molecule has 1 aromatic carbocycles. The molecule has 0 saturated heterocycles. The number of amides is 1. The SMILES string of the molecule is N#Cc1cc(F)ccc1NC(=O)c1cc(N)ccn1. The molecule has 6 heteroatoms. The van der Waals surface area contributed by atoms with Gasteiger partial charge in [-0.1, -0.05) is 0 Å². The first-order valence-electron chi connectivity index (χ1n) is 5.32. The van der Waals surface area contributed by atoms with Gasteiger partial charge in [0.2, 0.25) is 0 Å². The first-order chi connectivity index (χ1) is 9.10. The first kappa shape index (κ1) is 12.5. The molecule has 0 aliphatic carbocycles. The molecule has 2 aromatic rings. The molecule has 1 heterocycles. The van der Waals surface area contributed by atoms with Crippen LogP contribution in [0.1, 0.15) is 16.1 Å². The molecular formula is C13H9FN4O. The second-order valence-corrected chi connectivity index (χ2v) is 3.73. The van der Waals surface area contributed by atoms with Crippen LogP contribution < -0.4 is 11.1 Å². The molecule has 0 spiro atoms. The van der Waals surface area contributed by atoms with Crippen molar-refractivity contribution in [2.75, 3.05) is 11.1 Å². The van der Waals surface area contributed by atoms with Crippen LogP contribution in [-0.4, -0.2) is 10.9 Å². The number of nitrogens with two attached hydrogens (primary N) is 1. The van der Waals surface area contributed by atoms with Crippen LogP contribution in [0.2, 0.25) is 0 Å². The van der Waals surface area contributed by atoms with E-state index >= 15 is 0 Å². The quantitative estimate of drug-likeness (QED) is 0.858. The number of hydrogen-bond acceptors (Lipinski definition) is 4. The summed E-state index contributed by atoms with van der Waals surface area (Å²) in [5.41, 5.74) is 6.32. The maximum Gasteiger partial charge on any atom is 0.274 e. The number of aromatic nitrogens is 1. The zero-order chi connectivity index (χ0) is 13.8. The Morgan fingerprint density at radius 2 is 2.16 bits per heavy atom. The van der Waals surface area contributed by atoms with Gasteiger partial charge in [-0.2, -0.15) is 5.26 Å². The first-order valence-corrected chi connectivity index (χ1v) is 5.32. The summed E-state index contributed by atoms with van der Waals surface area (Å²) < 4.78 is 13.0. The van der Waals surface area contributed by atoms with E-state index in [2.05, 4.69) is 10.3 Å². The van der Waals surface area contributed by atoms with Crippen LogP contribution in [0.25, 0.3) is 0 Å². The number of pyridine rings is 1. The number of carbonyl (C=O) groups is 1. The van der Waals surface area contributed by atoms with Crippen molar-refractivity contribution in [3.05, 3.63) is 53.6 Å². The van der Waals surface area contributed by atoms with Gasteiger partial charge in [0, 0.05) is 11.9 Å². The largest absolute Gasteiger partial charge is 0.399 e. The molecule has 0 unspecified atom stereocenters. The molecule has 0 aliphatic heterocycles. The van der Waals surface area contributed by atoms with Gasteiger partial charge in [0.05, 0.1) is 11.3 Å². The fourth-order valence-electron chi connectivity index (χ4n) is 1.48. The Morgan fingerprint density at radius 3 is 2.84 bits per heavy atom. The summed E-state index contributed by atoms with van der Waals surface area (Å²) in [7, 11) is 0. The van der Waals surface area contributed by atoms with Crippen LogP contribution in [0.15, 0.2) is 36.5 Å². The molecular weight excluding hydrogens is 247 g/mol. The van der Waals surface area contributed by atoms with E-state index in [0.29, 0.717) is 5.69 Å². The molecule has 0 aliphatic rings. The molecule has 0 bridgehead atoms. The standard InChI is InChI=1S/C13H9FN4O/c14-9-1-2-11(8(5-9)7-15)18-13(19)12-6-10(16)3-4-17-12/h1-6H,(H2,16,17)(H,18,19). The van der Waals surface area contributed by atoms with Crippen LogP contribution in [0, 0.1) is 17.1 Å². The van der Waals surface area contributed by atoms with Gasteiger partial charge >= 0.3 is 0 Å². The van der Waals surface area contributed by atoms with E-state index in [-0.39, 0.29) is 16.9 Å². The molecule has 0 atom stereocenters.